The average molecular weight is 215 g/mol. The van der Waals surface area contributed by atoms with Crippen molar-refractivity contribution in [2.45, 2.75) is 0 Å². The molecule has 5 nitrogen and oxygen atoms in total. The first kappa shape index (κ1) is 10.6. The molecule has 1 rings (SSSR count). The Hall–Kier alpha value is -1.53. The summed E-state index contributed by atoms with van der Waals surface area (Å²) in [6.07, 6.45) is 1.22. The van der Waals surface area contributed by atoms with E-state index in [1.165, 1.54) is 24.3 Å². The Bertz CT molecular complexity index is 464. The van der Waals surface area contributed by atoms with E-state index >= 15 is 0 Å². The fraction of sp³-hybridized carbons (Fsp3) is 0. The number of rotatable bonds is 2. The summed E-state index contributed by atoms with van der Waals surface area (Å²) in [7, 11) is -3.67. The van der Waals surface area contributed by atoms with Crippen LogP contribution in [0.3, 0.4) is 0 Å². The Kier molecular flexibility index (Phi) is 2.78. The van der Waals surface area contributed by atoms with Gasteiger partial charge in [-0.05, 0) is 23.8 Å². The van der Waals surface area contributed by atoms with Crippen molar-refractivity contribution in [1.29, 1.82) is 0 Å². The van der Waals surface area contributed by atoms with E-state index in [9.17, 15) is 8.42 Å². The predicted octanol–water partition coefficient (Wildman–Crippen LogP) is 0.357. The van der Waals surface area contributed by atoms with E-state index in [1.807, 2.05) is 0 Å². The molecule has 0 heterocycles. The van der Waals surface area contributed by atoms with Crippen LogP contribution < -0.4 is 5.14 Å². The highest BCUT2D eigenvalue weighted by molar-refractivity contribution is 7.92. The second-order valence-corrected chi connectivity index (χ2v) is 4.09. The number of nitrogens with two attached hydrogens (primary N) is 1. The molecule has 0 amide bonds. The summed E-state index contributed by atoms with van der Waals surface area (Å²) < 4.78 is 21.1. The van der Waals surface area contributed by atoms with Gasteiger partial charge in [-0.3, -0.25) is 0 Å². The predicted molar refractivity (Wildman–Crippen MR) is 51.9 cm³/mol. The Morgan fingerprint density at radius 3 is 2.36 bits per heavy atom. The lowest BCUT2D eigenvalue weighted by Crippen LogP contribution is -2.06. The van der Waals surface area contributed by atoms with Crippen molar-refractivity contribution in [2.75, 3.05) is 0 Å². The molecule has 0 unspecified atom stereocenters. The highest BCUT2D eigenvalue weighted by Crippen LogP contribution is 2.25. The van der Waals surface area contributed by atoms with E-state index in [-0.39, 0.29) is 11.5 Å². The van der Waals surface area contributed by atoms with Gasteiger partial charge in [0.2, 0.25) is 10.0 Å². The van der Waals surface area contributed by atoms with E-state index in [2.05, 4.69) is 0 Å². The zero-order chi connectivity index (χ0) is 10.8. The van der Waals surface area contributed by atoms with Crippen molar-refractivity contribution in [3.63, 3.8) is 0 Å². The smallest absolute Gasteiger partial charge is 0.231 e. The molecule has 1 aromatic rings. The molecular formula is C8H9NO4S. The highest BCUT2D eigenvalue weighted by atomic mass is 32.2. The highest BCUT2D eigenvalue weighted by Gasteiger charge is 1.99. The van der Waals surface area contributed by atoms with Gasteiger partial charge in [-0.1, -0.05) is 6.07 Å². The summed E-state index contributed by atoms with van der Waals surface area (Å²) >= 11 is 0. The first-order valence-corrected chi connectivity index (χ1v) is 5.22. The molecule has 0 bridgehead atoms. The molecule has 0 aromatic heterocycles. The average Bonchev–Trinajstić information content (AvgIpc) is 2.06. The van der Waals surface area contributed by atoms with Gasteiger partial charge < -0.3 is 10.2 Å². The summed E-state index contributed by atoms with van der Waals surface area (Å²) in [6.45, 7) is 0. The van der Waals surface area contributed by atoms with E-state index in [0.29, 0.717) is 5.56 Å². The number of phenols is 2. The van der Waals surface area contributed by atoms with Gasteiger partial charge in [-0.15, -0.1) is 0 Å². The van der Waals surface area contributed by atoms with Gasteiger partial charge in [-0.2, -0.15) is 0 Å². The van der Waals surface area contributed by atoms with Gasteiger partial charge in [0.15, 0.2) is 11.5 Å². The van der Waals surface area contributed by atoms with Gasteiger partial charge in [0.25, 0.3) is 0 Å². The van der Waals surface area contributed by atoms with E-state index in [1.54, 1.807) is 0 Å². The van der Waals surface area contributed by atoms with Crippen molar-refractivity contribution >= 4 is 16.1 Å². The minimum Gasteiger partial charge on any atom is -0.504 e. The molecule has 0 fully saturated rings. The van der Waals surface area contributed by atoms with Crippen LogP contribution in [0.15, 0.2) is 23.6 Å². The van der Waals surface area contributed by atoms with Crippen LogP contribution in [0.5, 0.6) is 11.5 Å². The fourth-order valence-electron chi connectivity index (χ4n) is 0.818. The molecule has 1 aromatic carbocycles. The third-order valence-electron chi connectivity index (χ3n) is 1.45. The molecule has 0 spiro atoms. The molecule has 0 saturated heterocycles. The molecule has 6 heteroatoms. The Balaban J connectivity index is 3.00. The first-order valence-electron chi connectivity index (χ1n) is 3.61. The lowest BCUT2D eigenvalue weighted by Gasteiger charge is -1.97. The Morgan fingerprint density at radius 1 is 1.21 bits per heavy atom. The summed E-state index contributed by atoms with van der Waals surface area (Å²) in [4.78, 5) is 0. The summed E-state index contributed by atoms with van der Waals surface area (Å²) in [6, 6.07) is 3.91. The largest absolute Gasteiger partial charge is 0.504 e. The summed E-state index contributed by atoms with van der Waals surface area (Å²) in [5, 5.41) is 23.5. The minimum absolute atomic E-state index is 0.266. The lowest BCUT2D eigenvalue weighted by atomic mass is 10.2. The second kappa shape index (κ2) is 3.69. The molecule has 14 heavy (non-hydrogen) atoms. The zero-order valence-corrected chi connectivity index (χ0v) is 7.90. The topological polar surface area (TPSA) is 101 Å². The monoisotopic (exact) mass is 215 g/mol. The lowest BCUT2D eigenvalue weighted by molar-refractivity contribution is 0.403. The number of benzene rings is 1. The quantitative estimate of drug-likeness (QED) is 0.620. The van der Waals surface area contributed by atoms with Gasteiger partial charge in [0.05, 0.1) is 0 Å². The van der Waals surface area contributed by atoms with Crippen molar-refractivity contribution in [1.82, 2.24) is 0 Å². The Morgan fingerprint density at radius 2 is 1.86 bits per heavy atom. The molecule has 0 aliphatic rings. The molecule has 0 atom stereocenters. The third kappa shape index (κ3) is 3.08. The van der Waals surface area contributed by atoms with Crippen LogP contribution in [0.1, 0.15) is 5.56 Å². The first-order chi connectivity index (χ1) is 6.38. The number of hydrogen-bond donors (Lipinski definition) is 3. The SMILES string of the molecule is NS(=O)(=O)/C=C/c1ccc(O)c(O)c1. The molecule has 0 radical (unpaired) electrons. The maximum Gasteiger partial charge on any atom is 0.231 e. The van der Waals surface area contributed by atoms with Crippen LogP contribution in [0.4, 0.5) is 0 Å². The normalized spacial score (nSPS) is 12.1. The van der Waals surface area contributed by atoms with Crippen LogP contribution in [0.25, 0.3) is 6.08 Å². The van der Waals surface area contributed by atoms with Crippen LogP contribution in [-0.4, -0.2) is 18.6 Å². The van der Waals surface area contributed by atoms with Crippen molar-refractivity contribution in [3.05, 3.63) is 29.2 Å². The standard InChI is InChI=1S/C8H9NO4S/c9-14(12,13)4-3-6-1-2-7(10)8(11)5-6/h1-5,10-11H,(H2,9,12,13)/b4-3+. The number of hydrogen-bond acceptors (Lipinski definition) is 4. The number of phenolic OH excluding ortho intramolecular Hbond substituents is 2. The minimum atomic E-state index is -3.67. The zero-order valence-electron chi connectivity index (χ0n) is 7.08. The fourth-order valence-corrected chi connectivity index (χ4v) is 1.16. The molecular weight excluding hydrogens is 206 g/mol. The Labute approximate surface area is 81.2 Å². The third-order valence-corrected chi connectivity index (χ3v) is 1.97. The maximum atomic E-state index is 10.5. The summed E-state index contributed by atoms with van der Waals surface area (Å²) in [5.74, 6) is -0.584. The van der Waals surface area contributed by atoms with Crippen molar-refractivity contribution in [3.8, 4) is 11.5 Å². The molecule has 76 valence electrons. The number of sulfonamides is 1. The van der Waals surface area contributed by atoms with E-state index < -0.39 is 10.0 Å². The molecule has 0 saturated carbocycles. The van der Waals surface area contributed by atoms with Crippen LogP contribution >= 0.6 is 0 Å². The van der Waals surface area contributed by atoms with Crippen LogP contribution in [0.2, 0.25) is 0 Å². The van der Waals surface area contributed by atoms with Gasteiger partial charge in [-0.25, -0.2) is 13.6 Å². The second-order valence-electron chi connectivity index (χ2n) is 2.64. The van der Waals surface area contributed by atoms with Gasteiger partial charge in [0, 0.05) is 5.41 Å². The van der Waals surface area contributed by atoms with Gasteiger partial charge >= 0.3 is 0 Å². The number of primary sulfonamides is 1. The number of aromatic hydroxyl groups is 2. The maximum absolute atomic E-state index is 10.5. The van der Waals surface area contributed by atoms with Crippen LogP contribution in [-0.2, 0) is 10.0 Å². The molecule has 0 aliphatic carbocycles. The van der Waals surface area contributed by atoms with E-state index in [0.717, 1.165) is 5.41 Å². The molecule has 0 aliphatic heterocycles. The van der Waals surface area contributed by atoms with Gasteiger partial charge in [0.1, 0.15) is 0 Å². The van der Waals surface area contributed by atoms with Crippen molar-refractivity contribution in [2.24, 2.45) is 5.14 Å². The molecule has 4 N–H and O–H groups in total. The van der Waals surface area contributed by atoms with E-state index in [4.69, 9.17) is 15.4 Å². The van der Waals surface area contributed by atoms with Crippen LogP contribution in [0, 0.1) is 0 Å². The summed E-state index contributed by atoms with van der Waals surface area (Å²) in [5.41, 5.74) is 0.425. The van der Waals surface area contributed by atoms with Crippen molar-refractivity contribution < 1.29 is 18.6 Å².